The molecule has 0 amide bonds. The molecule has 0 spiro atoms. The van der Waals surface area contributed by atoms with Crippen molar-refractivity contribution in [2.24, 2.45) is 0 Å². The summed E-state index contributed by atoms with van der Waals surface area (Å²) in [5.41, 5.74) is -1.78. The van der Waals surface area contributed by atoms with Gasteiger partial charge in [0.1, 0.15) is 36.6 Å². The molecule has 213 valence electrons. The van der Waals surface area contributed by atoms with Crippen molar-refractivity contribution >= 4 is 110 Å². The number of carboxylic acid groups (broad SMARTS) is 1. The number of hydrogen-bond acceptors (Lipinski definition) is 15. The summed E-state index contributed by atoms with van der Waals surface area (Å²) in [5, 5.41) is 58.3. The molecule has 0 saturated carbocycles. The van der Waals surface area contributed by atoms with Gasteiger partial charge in [0, 0.05) is 101 Å². The van der Waals surface area contributed by atoms with Crippen LogP contribution in [0.15, 0.2) is 21.9 Å². The minimum absolute atomic E-state index is 0. The largest absolute Gasteiger partial charge is 0.483 e. The van der Waals surface area contributed by atoms with E-state index in [2.05, 4.69) is 18.1 Å². The number of aliphatic carboxylic acids is 1. The van der Waals surface area contributed by atoms with Crippen LogP contribution in [0.3, 0.4) is 0 Å². The van der Waals surface area contributed by atoms with Crippen LogP contribution in [-0.4, -0.2) is 200 Å². The maximum atomic E-state index is 12.2. The summed E-state index contributed by atoms with van der Waals surface area (Å²) in [6.07, 6.45) is -17.2. The van der Waals surface area contributed by atoms with Crippen LogP contribution in [0.2, 0.25) is 0 Å². The van der Waals surface area contributed by atoms with Crippen LogP contribution in [0, 0.1) is 0 Å². The fourth-order valence-electron chi connectivity index (χ4n) is 3.34. The third kappa shape index (κ3) is 10.1. The van der Waals surface area contributed by atoms with Crippen molar-refractivity contribution in [3.63, 3.8) is 0 Å². The maximum absolute atomic E-state index is 12.2. The van der Waals surface area contributed by atoms with E-state index >= 15 is 0 Å². The van der Waals surface area contributed by atoms with Crippen LogP contribution in [0.4, 0.5) is 0 Å². The number of nitrogens with zero attached hydrogens (tertiary/aromatic N) is 1. The van der Waals surface area contributed by atoms with Crippen LogP contribution in [-0.2, 0) is 36.8 Å². The summed E-state index contributed by atoms with van der Waals surface area (Å²) >= 11 is 0. The Balaban J connectivity index is 0.00000507. The summed E-state index contributed by atoms with van der Waals surface area (Å²) in [5.74, 6) is -1.85. The van der Waals surface area contributed by atoms with Gasteiger partial charge in [-0.15, -0.1) is 0 Å². The zero-order chi connectivity index (χ0) is 27.9. The number of aliphatic hydroxyl groups excluding tert-OH is 5. The van der Waals surface area contributed by atoms with E-state index in [1.807, 2.05) is 4.98 Å². The van der Waals surface area contributed by atoms with E-state index < -0.39 is 94.7 Å². The van der Waals surface area contributed by atoms with Gasteiger partial charge in [-0.3, -0.25) is 23.4 Å². The topological polar surface area (TPSA) is 314 Å². The second kappa shape index (κ2) is 16.4. The number of H-pyrrole nitrogens is 1. The normalized spacial score (nSPS) is 34.7. The first-order valence-corrected chi connectivity index (χ1v) is 13.0. The Morgan fingerprint density at radius 2 is 1.52 bits per heavy atom. The molecule has 40 heavy (non-hydrogen) atoms. The van der Waals surface area contributed by atoms with Crippen molar-refractivity contribution in [2.75, 3.05) is 6.61 Å². The maximum Gasteiger partial charge on any atom is 0.483 e. The summed E-state index contributed by atoms with van der Waals surface area (Å²) in [6, 6.07) is 0.910. The predicted molar refractivity (Wildman–Crippen MR) is 127 cm³/mol. The SMILES string of the molecule is O=C(O)[C@H]1O[C@H](OP(=O)(O)OP(=O)(O)OC[C@H]2O[C@@H](n3ccc(=O)[nH]c3=O)[C@H](O)[C@@H]2O)[C@H](O)[C@@H](O)[C@@H]1O.[Na].[Na].[Na]. The minimum Gasteiger partial charge on any atom is -0.479 e. The summed E-state index contributed by atoms with van der Waals surface area (Å²) in [6.45, 7) is -1.07. The molecule has 1 aromatic rings. The van der Waals surface area contributed by atoms with Crippen LogP contribution >= 0.6 is 15.6 Å². The Morgan fingerprint density at radius 3 is 2.08 bits per heavy atom. The number of carbonyl (C=O) groups is 1. The molecular weight excluding hydrogens is 627 g/mol. The number of nitrogens with one attached hydrogen (secondary N) is 1. The van der Waals surface area contributed by atoms with Gasteiger partial charge in [-0.25, -0.2) is 18.7 Å². The number of aromatic amines is 1. The molecule has 2 aliphatic rings. The van der Waals surface area contributed by atoms with Gasteiger partial charge < -0.3 is 49.9 Å². The molecule has 20 nitrogen and oxygen atoms in total. The van der Waals surface area contributed by atoms with Gasteiger partial charge in [0.15, 0.2) is 18.6 Å². The van der Waals surface area contributed by atoms with E-state index in [0.29, 0.717) is 4.57 Å². The van der Waals surface area contributed by atoms with E-state index in [1.54, 1.807) is 0 Å². The molecular formula is C15H22N2Na3O18P2. The molecule has 3 heterocycles. The van der Waals surface area contributed by atoms with Crippen LogP contribution in [0.25, 0.3) is 0 Å². The van der Waals surface area contributed by atoms with Gasteiger partial charge >= 0.3 is 27.3 Å². The quantitative estimate of drug-likeness (QED) is 0.0888. The number of phosphoric acid groups is 2. The number of carboxylic acids is 1. The summed E-state index contributed by atoms with van der Waals surface area (Å²) in [4.78, 5) is 55.5. The van der Waals surface area contributed by atoms with Crippen LogP contribution in [0.5, 0.6) is 0 Å². The van der Waals surface area contributed by atoms with Crippen molar-refractivity contribution in [3.8, 4) is 0 Å². The molecule has 2 unspecified atom stereocenters. The Bertz CT molecular complexity index is 1220. The molecule has 9 N–H and O–H groups in total. The van der Waals surface area contributed by atoms with E-state index in [4.69, 9.17) is 9.84 Å². The monoisotopic (exact) mass is 649 g/mol. The first kappa shape index (κ1) is 41.1. The first-order valence-electron chi connectivity index (χ1n) is 9.98. The van der Waals surface area contributed by atoms with Gasteiger partial charge in [0.2, 0.25) is 0 Å². The molecule has 0 bridgehead atoms. The van der Waals surface area contributed by atoms with Crippen LogP contribution in [0.1, 0.15) is 6.23 Å². The van der Waals surface area contributed by atoms with Crippen molar-refractivity contribution in [1.29, 1.82) is 0 Å². The summed E-state index contributed by atoms with van der Waals surface area (Å²) < 4.78 is 47.6. The minimum atomic E-state index is -5.72. The van der Waals surface area contributed by atoms with E-state index in [1.165, 1.54) is 0 Å². The van der Waals surface area contributed by atoms with Gasteiger partial charge in [-0.2, -0.15) is 4.31 Å². The fraction of sp³-hybridized carbons (Fsp3) is 0.667. The zero-order valence-corrected chi connectivity index (χ0v) is 28.8. The Labute approximate surface area is 289 Å². The van der Waals surface area contributed by atoms with E-state index in [0.717, 1.165) is 12.3 Å². The van der Waals surface area contributed by atoms with E-state index in [9.17, 15) is 58.8 Å². The molecule has 3 radical (unpaired) electrons. The van der Waals surface area contributed by atoms with Crippen molar-refractivity contribution in [3.05, 3.63) is 33.1 Å². The summed E-state index contributed by atoms with van der Waals surface area (Å²) in [7, 11) is -11.3. The third-order valence-corrected chi connectivity index (χ3v) is 7.72. The molecule has 2 fully saturated rings. The molecule has 2 saturated heterocycles. The average Bonchev–Trinajstić information content (AvgIpc) is 3.05. The molecule has 0 aromatic carbocycles. The fourth-order valence-corrected chi connectivity index (χ4v) is 5.49. The molecule has 3 rings (SSSR count). The number of aliphatic hydroxyl groups is 5. The van der Waals surface area contributed by atoms with Gasteiger partial charge in [-0.05, 0) is 0 Å². The molecule has 2 aliphatic heterocycles. The Morgan fingerprint density at radius 1 is 0.925 bits per heavy atom. The first-order chi connectivity index (χ1) is 17.0. The number of hydrogen-bond donors (Lipinski definition) is 9. The van der Waals surface area contributed by atoms with Crippen LogP contribution < -0.4 is 11.2 Å². The standard InChI is InChI=1S/C15H22N2O18P2.3Na/c18-5-1-2-17(15(26)16-5)12-9(22)6(19)4(32-12)3-31-36(27,28)35-37(29,30)34-14-10(23)7(20)8(21)11(33-14)13(24)25;;;/h1-2,4,6-12,14,19-23H,3H2,(H,24,25)(H,27,28)(H,29,30)(H,16,18,26);;;/t4-,6-,7+,8+,9-,10-,11+,12-,14-;;;/m1.../s1. The molecule has 25 heteroatoms. The Hall–Kier alpha value is 1.13. The zero-order valence-electron chi connectivity index (χ0n) is 21.1. The molecule has 1 aromatic heterocycles. The molecule has 11 atom stereocenters. The number of phosphoric ester groups is 2. The number of aromatic nitrogens is 2. The van der Waals surface area contributed by atoms with Gasteiger partial charge in [0.25, 0.3) is 5.56 Å². The third-order valence-electron chi connectivity index (χ3n) is 5.12. The van der Waals surface area contributed by atoms with Gasteiger partial charge in [-0.1, -0.05) is 0 Å². The van der Waals surface area contributed by atoms with E-state index in [-0.39, 0.29) is 88.7 Å². The van der Waals surface area contributed by atoms with Crippen molar-refractivity contribution in [1.82, 2.24) is 9.55 Å². The number of rotatable bonds is 9. The second-order valence-corrected chi connectivity index (χ2v) is 10.7. The smallest absolute Gasteiger partial charge is 0.479 e. The predicted octanol–water partition coefficient (Wildman–Crippen LogP) is -5.84. The second-order valence-electron chi connectivity index (χ2n) is 7.72. The Kier molecular flexibility index (Phi) is 16.9. The average molecular weight is 649 g/mol. The van der Waals surface area contributed by atoms with Crippen molar-refractivity contribution in [2.45, 2.75) is 55.2 Å². The van der Waals surface area contributed by atoms with Crippen molar-refractivity contribution < 1.29 is 77.2 Å². The van der Waals surface area contributed by atoms with Gasteiger partial charge in [0.05, 0.1) is 6.61 Å². The molecule has 0 aliphatic carbocycles. The number of ether oxygens (including phenoxy) is 2.